The Balaban J connectivity index is 1.68. The Bertz CT molecular complexity index is 1190. The molecule has 1 fully saturated rings. The number of aromatic nitrogens is 1. The Morgan fingerprint density at radius 3 is 2.65 bits per heavy atom. The van der Waals surface area contributed by atoms with E-state index in [4.69, 9.17) is 5.73 Å². The van der Waals surface area contributed by atoms with E-state index in [1.807, 2.05) is 6.07 Å². The molecule has 3 heterocycles. The molecule has 5 nitrogen and oxygen atoms in total. The smallest absolute Gasteiger partial charge is 0.335 e. The maximum absolute atomic E-state index is 11.7. The second-order valence-electron chi connectivity index (χ2n) is 9.41. The average Bonchev–Trinajstić information content (AvgIpc) is 3.02. The van der Waals surface area contributed by atoms with Crippen LogP contribution >= 0.6 is 0 Å². The van der Waals surface area contributed by atoms with Crippen molar-refractivity contribution in [3.8, 4) is 11.3 Å². The first-order valence-corrected chi connectivity index (χ1v) is 11.7. The van der Waals surface area contributed by atoms with Crippen LogP contribution in [-0.2, 0) is 6.54 Å². The average molecular weight is 416 g/mol. The van der Waals surface area contributed by atoms with Gasteiger partial charge in [-0.05, 0) is 48.4 Å². The summed E-state index contributed by atoms with van der Waals surface area (Å²) in [6, 6.07) is 12.4. The normalized spacial score (nSPS) is 20.9. The summed E-state index contributed by atoms with van der Waals surface area (Å²) < 4.78 is 2.41. The zero-order valence-electron chi connectivity index (χ0n) is 17.8. The van der Waals surface area contributed by atoms with Crippen LogP contribution in [-0.4, -0.2) is 28.7 Å². The number of anilines is 1. The summed E-state index contributed by atoms with van der Waals surface area (Å²) in [6.45, 7) is 2.77. The van der Waals surface area contributed by atoms with Gasteiger partial charge in [-0.25, -0.2) is 4.79 Å². The molecular weight excluding hydrogens is 386 g/mol. The minimum absolute atomic E-state index is 0.0823. The zero-order valence-corrected chi connectivity index (χ0v) is 17.8. The lowest BCUT2D eigenvalue weighted by atomic mass is 9.81. The number of aromatic carboxylic acids is 1. The zero-order chi connectivity index (χ0) is 21.1. The first-order valence-electron chi connectivity index (χ1n) is 11.7. The van der Waals surface area contributed by atoms with Gasteiger partial charge in [0.1, 0.15) is 0 Å². The number of nitrogens with zero attached hydrogens (tertiary/aromatic N) is 2. The molecule has 2 aromatic carbocycles. The van der Waals surface area contributed by atoms with Gasteiger partial charge in [-0.3, -0.25) is 0 Å². The van der Waals surface area contributed by atoms with Crippen molar-refractivity contribution < 1.29 is 9.90 Å². The maximum atomic E-state index is 11.7. The second kappa shape index (κ2) is 7.13. The van der Waals surface area contributed by atoms with Crippen LogP contribution in [0.1, 0.15) is 72.0 Å². The van der Waals surface area contributed by atoms with Crippen LogP contribution in [0.4, 0.5) is 5.69 Å². The van der Waals surface area contributed by atoms with E-state index < -0.39 is 5.97 Å². The van der Waals surface area contributed by atoms with Crippen molar-refractivity contribution >= 4 is 22.6 Å². The molecule has 0 saturated heterocycles. The highest BCUT2D eigenvalue weighted by atomic mass is 16.4. The summed E-state index contributed by atoms with van der Waals surface area (Å²) in [5.74, 6) is -0.332. The molecule has 6 rings (SSSR count). The lowest BCUT2D eigenvalue weighted by Crippen LogP contribution is -2.35. The summed E-state index contributed by atoms with van der Waals surface area (Å²) >= 11 is 0. The molecule has 1 saturated carbocycles. The SMILES string of the molecule is NC1CCN2CCn3c(c(C4CCCCC4)c4ccc(C(=O)O)cc43)-c3cccc1c32. The number of para-hydroxylation sites is 1. The lowest BCUT2D eigenvalue weighted by molar-refractivity contribution is 0.0697. The van der Waals surface area contributed by atoms with Gasteiger partial charge in [-0.1, -0.05) is 43.5 Å². The fourth-order valence-corrected chi connectivity index (χ4v) is 6.25. The Hall–Kier alpha value is -2.79. The fraction of sp³-hybridized carbons (Fsp3) is 0.423. The predicted molar refractivity (Wildman–Crippen MR) is 124 cm³/mol. The third-order valence-corrected chi connectivity index (χ3v) is 7.71. The molecule has 1 atom stereocenters. The van der Waals surface area contributed by atoms with E-state index in [1.54, 1.807) is 6.07 Å². The highest BCUT2D eigenvalue weighted by Gasteiger charge is 2.33. The van der Waals surface area contributed by atoms with Gasteiger partial charge < -0.3 is 20.3 Å². The van der Waals surface area contributed by atoms with E-state index in [2.05, 4.69) is 33.7 Å². The Morgan fingerprint density at radius 2 is 1.84 bits per heavy atom. The summed E-state index contributed by atoms with van der Waals surface area (Å²) in [5.41, 5.74) is 14.5. The predicted octanol–water partition coefficient (Wildman–Crippen LogP) is 5.28. The first-order chi connectivity index (χ1) is 15.1. The monoisotopic (exact) mass is 415 g/mol. The quantitative estimate of drug-likeness (QED) is 0.597. The summed E-state index contributed by atoms with van der Waals surface area (Å²) in [5, 5.41) is 10.9. The van der Waals surface area contributed by atoms with E-state index in [1.165, 1.54) is 65.6 Å². The van der Waals surface area contributed by atoms with Crippen molar-refractivity contribution in [1.82, 2.24) is 4.57 Å². The van der Waals surface area contributed by atoms with Crippen LogP contribution in [0.25, 0.3) is 22.2 Å². The molecule has 1 aromatic heterocycles. The van der Waals surface area contributed by atoms with E-state index in [9.17, 15) is 9.90 Å². The third-order valence-electron chi connectivity index (χ3n) is 7.71. The van der Waals surface area contributed by atoms with Crippen molar-refractivity contribution in [3.63, 3.8) is 0 Å². The molecule has 0 bridgehead atoms. The molecule has 1 unspecified atom stereocenters. The Morgan fingerprint density at radius 1 is 1.00 bits per heavy atom. The standard InChI is InChI=1S/C26H29N3O2/c27-21-11-12-28-13-14-29-22-15-17(26(30)31)9-10-19(22)23(16-5-2-1-3-6-16)25(29)20-8-4-7-18(21)24(20)28/h4,7-10,15-16,21H,1-3,5-6,11-14,27H2,(H,30,31). The van der Waals surface area contributed by atoms with E-state index in [0.29, 0.717) is 11.5 Å². The largest absolute Gasteiger partial charge is 0.478 e. The number of hydrogen-bond acceptors (Lipinski definition) is 3. The molecule has 0 spiro atoms. The number of carbonyl (C=O) groups is 1. The summed E-state index contributed by atoms with van der Waals surface area (Å²) in [7, 11) is 0. The molecule has 3 N–H and O–H groups in total. The van der Waals surface area contributed by atoms with Crippen LogP contribution in [0.3, 0.4) is 0 Å². The number of hydrogen-bond donors (Lipinski definition) is 2. The Labute approximate surface area is 182 Å². The Kier molecular flexibility index (Phi) is 4.35. The number of carboxylic acids is 1. The molecule has 3 aliphatic rings. The van der Waals surface area contributed by atoms with Crippen molar-refractivity contribution in [1.29, 1.82) is 0 Å². The van der Waals surface area contributed by atoms with Crippen LogP contribution in [0.2, 0.25) is 0 Å². The number of benzene rings is 2. The van der Waals surface area contributed by atoms with Crippen LogP contribution in [0, 0.1) is 0 Å². The second-order valence-corrected chi connectivity index (χ2v) is 9.41. The molecule has 3 aromatic rings. The number of rotatable bonds is 2. The lowest BCUT2D eigenvalue weighted by Gasteiger charge is -2.35. The van der Waals surface area contributed by atoms with Crippen molar-refractivity contribution in [3.05, 3.63) is 53.1 Å². The van der Waals surface area contributed by atoms with Crippen LogP contribution < -0.4 is 10.6 Å². The molecule has 1 aliphatic carbocycles. The number of fused-ring (bicyclic) bond motifs is 4. The summed E-state index contributed by atoms with van der Waals surface area (Å²) in [6.07, 6.45) is 7.26. The van der Waals surface area contributed by atoms with Gasteiger partial charge in [0.15, 0.2) is 0 Å². The summed E-state index contributed by atoms with van der Waals surface area (Å²) in [4.78, 5) is 14.2. The van der Waals surface area contributed by atoms with Crippen LogP contribution in [0.5, 0.6) is 0 Å². The highest BCUT2D eigenvalue weighted by molar-refractivity contribution is 6.00. The van der Waals surface area contributed by atoms with Gasteiger partial charge in [-0.2, -0.15) is 0 Å². The van der Waals surface area contributed by atoms with Crippen molar-refractivity contribution in [2.24, 2.45) is 5.73 Å². The molecule has 2 aliphatic heterocycles. The molecule has 0 radical (unpaired) electrons. The molecule has 5 heteroatoms. The molecule has 31 heavy (non-hydrogen) atoms. The van der Waals surface area contributed by atoms with Gasteiger partial charge in [0.25, 0.3) is 0 Å². The number of carboxylic acid groups (broad SMARTS) is 1. The molecule has 160 valence electrons. The molecular formula is C26H29N3O2. The van der Waals surface area contributed by atoms with Crippen LogP contribution in [0.15, 0.2) is 36.4 Å². The van der Waals surface area contributed by atoms with E-state index >= 15 is 0 Å². The maximum Gasteiger partial charge on any atom is 0.335 e. The van der Waals surface area contributed by atoms with Crippen molar-refractivity contribution in [2.75, 3.05) is 18.0 Å². The highest BCUT2D eigenvalue weighted by Crippen LogP contribution is 2.49. The van der Waals surface area contributed by atoms with Gasteiger partial charge in [-0.15, -0.1) is 0 Å². The fourth-order valence-electron chi connectivity index (χ4n) is 6.25. The third kappa shape index (κ3) is 2.83. The van der Waals surface area contributed by atoms with Gasteiger partial charge in [0, 0.05) is 42.1 Å². The number of nitrogens with two attached hydrogens (primary N) is 1. The van der Waals surface area contributed by atoms with Gasteiger partial charge >= 0.3 is 5.97 Å². The van der Waals surface area contributed by atoms with Gasteiger partial charge in [0.2, 0.25) is 0 Å². The minimum atomic E-state index is -0.863. The molecule has 0 amide bonds. The minimum Gasteiger partial charge on any atom is -0.478 e. The van der Waals surface area contributed by atoms with E-state index in [-0.39, 0.29) is 6.04 Å². The topological polar surface area (TPSA) is 71.5 Å². The van der Waals surface area contributed by atoms with Crippen molar-refractivity contribution in [2.45, 2.75) is 57.0 Å². The van der Waals surface area contributed by atoms with E-state index in [0.717, 1.165) is 31.6 Å². The van der Waals surface area contributed by atoms with Gasteiger partial charge in [0.05, 0.1) is 16.9 Å². The first kappa shape index (κ1) is 18.9.